The Balaban J connectivity index is 3.46. The molecule has 0 aliphatic carbocycles. The van der Waals surface area contributed by atoms with Gasteiger partial charge in [-0.25, -0.2) is 0 Å². The van der Waals surface area contributed by atoms with E-state index in [4.69, 9.17) is 5.84 Å². The third-order valence-electron chi connectivity index (χ3n) is 1.39. The third kappa shape index (κ3) is 1.98. The maximum absolute atomic E-state index is 5.10. The van der Waals surface area contributed by atoms with Crippen molar-refractivity contribution < 1.29 is 0 Å². The van der Waals surface area contributed by atoms with E-state index in [1.165, 1.54) is 0 Å². The fourth-order valence-corrected chi connectivity index (χ4v) is 0.389. The highest BCUT2D eigenvalue weighted by Crippen LogP contribution is 2.06. The van der Waals surface area contributed by atoms with Gasteiger partial charge in [0, 0.05) is 5.70 Å². The molecular formula is C6H14N2. The normalized spacial score (nSPS) is 12.9. The zero-order valence-corrected chi connectivity index (χ0v) is 5.57. The van der Waals surface area contributed by atoms with Crippen LogP contribution in [0.3, 0.4) is 0 Å². The molecule has 0 amide bonds. The Labute approximate surface area is 50.7 Å². The SMILES string of the molecule is C=C(NN)C(C)CC. The number of nitrogens with two attached hydrogens (primary N) is 1. The second kappa shape index (κ2) is 3.50. The van der Waals surface area contributed by atoms with E-state index in [0.29, 0.717) is 5.92 Å². The predicted octanol–water partition coefficient (Wildman–Crippen LogP) is 1.01. The number of nitrogens with one attached hydrogen (secondary N) is 1. The second-order valence-corrected chi connectivity index (χ2v) is 1.98. The summed E-state index contributed by atoms with van der Waals surface area (Å²) >= 11 is 0. The summed E-state index contributed by atoms with van der Waals surface area (Å²) < 4.78 is 0. The van der Waals surface area contributed by atoms with Crippen LogP contribution in [-0.4, -0.2) is 0 Å². The molecule has 0 aliphatic heterocycles. The molecule has 8 heavy (non-hydrogen) atoms. The van der Waals surface area contributed by atoms with Gasteiger partial charge in [0.05, 0.1) is 0 Å². The van der Waals surface area contributed by atoms with Crippen LogP contribution in [0, 0.1) is 5.92 Å². The Morgan fingerprint density at radius 2 is 2.38 bits per heavy atom. The third-order valence-corrected chi connectivity index (χ3v) is 1.39. The molecule has 2 heteroatoms. The molecule has 0 aliphatic rings. The summed E-state index contributed by atoms with van der Waals surface area (Å²) in [4.78, 5) is 0. The highest BCUT2D eigenvalue weighted by Gasteiger charge is 1.99. The average Bonchev–Trinajstić information content (AvgIpc) is 1.84. The van der Waals surface area contributed by atoms with E-state index in [1.54, 1.807) is 0 Å². The Bertz CT molecular complexity index is 78.6. The molecule has 0 bridgehead atoms. The van der Waals surface area contributed by atoms with Gasteiger partial charge in [0.1, 0.15) is 0 Å². The molecular weight excluding hydrogens is 100 g/mol. The smallest absolute Gasteiger partial charge is 0.0215 e. The van der Waals surface area contributed by atoms with Gasteiger partial charge >= 0.3 is 0 Å². The van der Waals surface area contributed by atoms with Crippen LogP contribution >= 0.6 is 0 Å². The topological polar surface area (TPSA) is 38.0 Å². The van der Waals surface area contributed by atoms with E-state index < -0.39 is 0 Å². The lowest BCUT2D eigenvalue weighted by Crippen LogP contribution is -2.24. The Kier molecular flexibility index (Phi) is 3.28. The summed E-state index contributed by atoms with van der Waals surface area (Å²) in [6, 6.07) is 0. The minimum absolute atomic E-state index is 0.486. The molecule has 48 valence electrons. The van der Waals surface area contributed by atoms with Crippen molar-refractivity contribution in [3.8, 4) is 0 Å². The van der Waals surface area contributed by atoms with Gasteiger partial charge in [-0.1, -0.05) is 20.4 Å². The first-order valence-electron chi connectivity index (χ1n) is 2.87. The van der Waals surface area contributed by atoms with E-state index >= 15 is 0 Å². The van der Waals surface area contributed by atoms with Crippen LogP contribution in [0.4, 0.5) is 0 Å². The fourth-order valence-electron chi connectivity index (χ4n) is 0.389. The lowest BCUT2D eigenvalue weighted by molar-refractivity contribution is 0.600. The molecule has 0 radical (unpaired) electrons. The van der Waals surface area contributed by atoms with Crippen LogP contribution in [0.25, 0.3) is 0 Å². The maximum Gasteiger partial charge on any atom is 0.0215 e. The van der Waals surface area contributed by atoms with Gasteiger partial charge in [-0.3, -0.25) is 5.84 Å². The monoisotopic (exact) mass is 114 g/mol. The molecule has 0 saturated heterocycles. The molecule has 0 saturated carbocycles. The summed E-state index contributed by atoms with van der Waals surface area (Å²) in [5.74, 6) is 5.59. The molecule has 0 aromatic carbocycles. The molecule has 1 atom stereocenters. The van der Waals surface area contributed by atoms with Crippen LogP contribution in [0.15, 0.2) is 12.3 Å². The molecule has 0 aromatic rings. The van der Waals surface area contributed by atoms with Crippen molar-refractivity contribution >= 4 is 0 Å². The van der Waals surface area contributed by atoms with Crippen LogP contribution in [0.2, 0.25) is 0 Å². The van der Waals surface area contributed by atoms with E-state index in [2.05, 4.69) is 25.9 Å². The Hall–Kier alpha value is -0.500. The first-order valence-corrected chi connectivity index (χ1v) is 2.87. The van der Waals surface area contributed by atoms with Gasteiger partial charge in [0.25, 0.3) is 0 Å². The number of hydrogen-bond donors (Lipinski definition) is 2. The minimum atomic E-state index is 0.486. The minimum Gasteiger partial charge on any atom is -0.329 e. The zero-order chi connectivity index (χ0) is 6.57. The van der Waals surface area contributed by atoms with Crippen molar-refractivity contribution in [2.75, 3.05) is 0 Å². The summed E-state index contributed by atoms with van der Waals surface area (Å²) in [7, 11) is 0. The van der Waals surface area contributed by atoms with Gasteiger partial charge in [0.15, 0.2) is 0 Å². The van der Waals surface area contributed by atoms with Crippen molar-refractivity contribution in [3.63, 3.8) is 0 Å². The molecule has 0 heterocycles. The van der Waals surface area contributed by atoms with E-state index in [-0.39, 0.29) is 0 Å². The largest absolute Gasteiger partial charge is 0.329 e. The zero-order valence-electron chi connectivity index (χ0n) is 5.57. The van der Waals surface area contributed by atoms with Crippen molar-refractivity contribution in [1.82, 2.24) is 5.43 Å². The summed E-state index contributed by atoms with van der Waals surface area (Å²) in [6.07, 6.45) is 1.09. The maximum atomic E-state index is 5.10. The summed E-state index contributed by atoms with van der Waals surface area (Å²) in [6.45, 7) is 7.90. The molecule has 0 aromatic heterocycles. The highest BCUT2D eigenvalue weighted by atomic mass is 15.2. The number of allylic oxidation sites excluding steroid dienone is 1. The van der Waals surface area contributed by atoms with E-state index in [1.807, 2.05) is 0 Å². The van der Waals surface area contributed by atoms with Crippen LogP contribution in [-0.2, 0) is 0 Å². The molecule has 0 spiro atoms. The number of hydrogen-bond acceptors (Lipinski definition) is 2. The summed E-state index contributed by atoms with van der Waals surface area (Å²) in [5, 5.41) is 0. The number of rotatable bonds is 3. The molecule has 0 rings (SSSR count). The molecule has 3 N–H and O–H groups in total. The summed E-state index contributed by atoms with van der Waals surface area (Å²) in [5.41, 5.74) is 3.43. The molecule has 2 nitrogen and oxygen atoms in total. The lowest BCUT2D eigenvalue weighted by Gasteiger charge is -2.09. The molecule has 0 fully saturated rings. The van der Waals surface area contributed by atoms with Crippen molar-refractivity contribution in [2.24, 2.45) is 11.8 Å². The van der Waals surface area contributed by atoms with E-state index in [0.717, 1.165) is 12.1 Å². The van der Waals surface area contributed by atoms with Gasteiger partial charge in [-0.05, 0) is 12.3 Å². The van der Waals surface area contributed by atoms with E-state index in [9.17, 15) is 0 Å². The number of hydrazine groups is 1. The fraction of sp³-hybridized carbons (Fsp3) is 0.667. The Morgan fingerprint density at radius 3 is 2.50 bits per heavy atom. The quantitative estimate of drug-likeness (QED) is 0.424. The van der Waals surface area contributed by atoms with Crippen LogP contribution < -0.4 is 11.3 Å². The van der Waals surface area contributed by atoms with Crippen molar-refractivity contribution in [1.29, 1.82) is 0 Å². The van der Waals surface area contributed by atoms with Crippen molar-refractivity contribution in [3.05, 3.63) is 12.3 Å². The van der Waals surface area contributed by atoms with Gasteiger partial charge in [-0.15, -0.1) is 0 Å². The predicted molar refractivity (Wildman–Crippen MR) is 35.9 cm³/mol. The molecule has 1 unspecified atom stereocenters. The van der Waals surface area contributed by atoms with Gasteiger partial charge in [-0.2, -0.15) is 0 Å². The average molecular weight is 114 g/mol. The van der Waals surface area contributed by atoms with Gasteiger partial charge < -0.3 is 5.43 Å². The van der Waals surface area contributed by atoms with Crippen LogP contribution in [0.1, 0.15) is 20.3 Å². The highest BCUT2D eigenvalue weighted by molar-refractivity contribution is 4.93. The van der Waals surface area contributed by atoms with Crippen LogP contribution in [0.5, 0.6) is 0 Å². The first kappa shape index (κ1) is 7.50. The Morgan fingerprint density at radius 1 is 1.88 bits per heavy atom. The van der Waals surface area contributed by atoms with Gasteiger partial charge in [0.2, 0.25) is 0 Å². The first-order chi connectivity index (χ1) is 3.72. The van der Waals surface area contributed by atoms with Crippen molar-refractivity contribution in [2.45, 2.75) is 20.3 Å². The second-order valence-electron chi connectivity index (χ2n) is 1.98. The lowest BCUT2D eigenvalue weighted by atomic mass is 10.1. The standard InChI is InChI=1S/C6H14N2/c1-4-5(2)6(3)8-7/h5,8H,3-4,7H2,1-2H3.